The Morgan fingerprint density at radius 2 is 2.05 bits per heavy atom. The van der Waals surface area contributed by atoms with E-state index < -0.39 is 5.79 Å². The summed E-state index contributed by atoms with van der Waals surface area (Å²) in [5.74, 6) is 0.259. The summed E-state index contributed by atoms with van der Waals surface area (Å²) in [7, 11) is 1.68. The van der Waals surface area contributed by atoms with Gasteiger partial charge in [-0.15, -0.1) is 11.6 Å². The lowest BCUT2D eigenvalue weighted by Gasteiger charge is -2.40. The molecule has 20 heavy (non-hydrogen) atoms. The Hall–Kier alpha value is 0.130. The summed E-state index contributed by atoms with van der Waals surface area (Å²) < 4.78 is 23.4. The van der Waals surface area contributed by atoms with Gasteiger partial charge in [-0.3, -0.25) is 0 Å². The van der Waals surface area contributed by atoms with Crippen LogP contribution in [-0.2, 0) is 18.9 Å². The number of halogens is 1. The quantitative estimate of drug-likeness (QED) is 0.732. The molecule has 1 saturated carbocycles. The lowest BCUT2D eigenvalue weighted by molar-refractivity contribution is -0.261. The van der Waals surface area contributed by atoms with E-state index >= 15 is 0 Å². The highest BCUT2D eigenvalue weighted by Gasteiger charge is 2.55. The van der Waals surface area contributed by atoms with Gasteiger partial charge in [-0.25, -0.2) is 0 Å². The fraction of sp³-hybridized carbons (Fsp3) is 1.00. The summed E-state index contributed by atoms with van der Waals surface area (Å²) in [6.45, 7) is 1.40. The standard InChI is InChI=1S/C15H25ClO4/c1-17-14-7-12(13-9-19-15(14,10-16)20-13)18-8-11-5-3-2-4-6-11/h11-14H,2-10H2,1H3/t12-,13+,14+,15?/m0/s1. The summed E-state index contributed by atoms with van der Waals surface area (Å²) in [6, 6.07) is 0. The van der Waals surface area contributed by atoms with Crippen molar-refractivity contribution in [1.29, 1.82) is 0 Å². The van der Waals surface area contributed by atoms with E-state index in [0.29, 0.717) is 18.4 Å². The van der Waals surface area contributed by atoms with Crippen LogP contribution in [0.3, 0.4) is 0 Å². The molecule has 5 heteroatoms. The second-order valence-electron chi connectivity index (χ2n) is 6.25. The van der Waals surface area contributed by atoms with Crippen LogP contribution in [0, 0.1) is 5.92 Å². The average Bonchev–Trinajstić information content (AvgIpc) is 2.89. The molecule has 116 valence electrons. The highest BCUT2D eigenvalue weighted by Crippen LogP contribution is 2.40. The average molecular weight is 305 g/mol. The van der Waals surface area contributed by atoms with E-state index in [1.165, 1.54) is 32.1 Å². The Bertz CT molecular complexity index is 321. The van der Waals surface area contributed by atoms with Crippen molar-refractivity contribution in [2.24, 2.45) is 5.92 Å². The number of fused-ring (bicyclic) bond motifs is 2. The van der Waals surface area contributed by atoms with Gasteiger partial charge in [0, 0.05) is 20.1 Å². The second-order valence-corrected chi connectivity index (χ2v) is 6.52. The van der Waals surface area contributed by atoms with Crippen LogP contribution in [-0.4, -0.2) is 50.3 Å². The van der Waals surface area contributed by atoms with Crippen molar-refractivity contribution in [2.75, 3.05) is 26.2 Å². The van der Waals surface area contributed by atoms with E-state index in [1.54, 1.807) is 7.11 Å². The van der Waals surface area contributed by atoms with Gasteiger partial charge in [-0.1, -0.05) is 19.3 Å². The van der Waals surface area contributed by atoms with Crippen molar-refractivity contribution in [3.63, 3.8) is 0 Å². The predicted molar refractivity (Wildman–Crippen MR) is 76.0 cm³/mol. The molecule has 2 bridgehead atoms. The first-order chi connectivity index (χ1) is 9.77. The molecule has 4 nitrogen and oxygen atoms in total. The third-order valence-corrected chi connectivity index (χ3v) is 5.31. The molecule has 3 rings (SSSR count). The number of ether oxygens (including phenoxy) is 4. The number of hydrogen-bond acceptors (Lipinski definition) is 4. The summed E-state index contributed by atoms with van der Waals surface area (Å²) in [4.78, 5) is 0. The van der Waals surface area contributed by atoms with Gasteiger partial charge in [0.15, 0.2) is 0 Å². The molecule has 0 radical (unpaired) electrons. The van der Waals surface area contributed by atoms with Gasteiger partial charge < -0.3 is 18.9 Å². The Morgan fingerprint density at radius 1 is 1.25 bits per heavy atom. The van der Waals surface area contributed by atoms with Crippen molar-refractivity contribution in [2.45, 2.75) is 62.6 Å². The van der Waals surface area contributed by atoms with E-state index in [2.05, 4.69) is 0 Å². The highest BCUT2D eigenvalue weighted by molar-refractivity contribution is 6.18. The largest absolute Gasteiger partial charge is 0.376 e. The maximum absolute atomic E-state index is 6.15. The van der Waals surface area contributed by atoms with Crippen molar-refractivity contribution in [3.05, 3.63) is 0 Å². The number of hydrogen-bond donors (Lipinski definition) is 0. The molecule has 2 saturated heterocycles. The normalized spacial score (nSPS) is 42.0. The minimum absolute atomic E-state index is 0.00346. The Balaban J connectivity index is 1.55. The molecule has 1 aliphatic carbocycles. The maximum atomic E-state index is 6.15. The first-order valence-electron chi connectivity index (χ1n) is 7.79. The number of rotatable bonds is 5. The first kappa shape index (κ1) is 15.0. The molecule has 0 N–H and O–H groups in total. The van der Waals surface area contributed by atoms with E-state index in [0.717, 1.165) is 13.0 Å². The third kappa shape index (κ3) is 2.86. The Morgan fingerprint density at radius 3 is 2.75 bits per heavy atom. The first-order valence-corrected chi connectivity index (χ1v) is 8.33. The smallest absolute Gasteiger partial charge is 0.209 e. The van der Waals surface area contributed by atoms with Crippen LogP contribution in [0.2, 0.25) is 0 Å². The molecule has 4 atom stereocenters. The van der Waals surface area contributed by atoms with E-state index in [4.69, 9.17) is 30.5 Å². The topological polar surface area (TPSA) is 36.9 Å². The summed E-state index contributed by atoms with van der Waals surface area (Å²) in [6.07, 6.45) is 7.40. The van der Waals surface area contributed by atoms with Gasteiger partial charge in [0.1, 0.15) is 12.2 Å². The van der Waals surface area contributed by atoms with Crippen LogP contribution >= 0.6 is 11.6 Å². The fourth-order valence-corrected chi connectivity index (χ4v) is 3.97. The van der Waals surface area contributed by atoms with Gasteiger partial charge in [0.25, 0.3) is 0 Å². The molecular weight excluding hydrogens is 280 g/mol. The van der Waals surface area contributed by atoms with Gasteiger partial charge in [0.2, 0.25) is 5.79 Å². The summed E-state index contributed by atoms with van der Waals surface area (Å²) in [5.41, 5.74) is 0. The number of alkyl halides is 1. The lowest BCUT2D eigenvalue weighted by Crippen LogP contribution is -2.54. The van der Waals surface area contributed by atoms with Crippen LogP contribution in [0.15, 0.2) is 0 Å². The van der Waals surface area contributed by atoms with Crippen molar-refractivity contribution in [1.82, 2.24) is 0 Å². The zero-order valence-corrected chi connectivity index (χ0v) is 12.9. The van der Waals surface area contributed by atoms with Gasteiger partial charge in [-0.05, 0) is 18.8 Å². The second kappa shape index (κ2) is 6.49. The molecule has 2 aliphatic heterocycles. The summed E-state index contributed by atoms with van der Waals surface area (Å²) >= 11 is 6.01. The van der Waals surface area contributed by atoms with E-state index in [9.17, 15) is 0 Å². The third-order valence-electron chi connectivity index (χ3n) is 4.94. The molecule has 0 aromatic rings. The summed E-state index contributed by atoms with van der Waals surface area (Å²) in [5, 5.41) is 0. The molecule has 0 aromatic carbocycles. The zero-order chi connectivity index (χ0) is 14.0. The highest BCUT2D eigenvalue weighted by atomic mass is 35.5. The van der Waals surface area contributed by atoms with Crippen molar-refractivity contribution < 1.29 is 18.9 Å². The van der Waals surface area contributed by atoms with Crippen molar-refractivity contribution in [3.8, 4) is 0 Å². The van der Waals surface area contributed by atoms with Crippen LogP contribution in [0.5, 0.6) is 0 Å². The van der Waals surface area contributed by atoms with Gasteiger partial charge in [-0.2, -0.15) is 0 Å². The molecule has 0 aromatic heterocycles. The minimum atomic E-state index is -0.758. The van der Waals surface area contributed by atoms with Crippen molar-refractivity contribution >= 4 is 11.6 Å². The van der Waals surface area contributed by atoms with Crippen LogP contribution in [0.1, 0.15) is 38.5 Å². The molecular formula is C15H25ClO4. The van der Waals surface area contributed by atoms with Crippen LogP contribution in [0.4, 0.5) is 0 Å². The van der Waals surface area contributed by atoms with E-state index in [1.807, 2.05) is 0 Å². The molecule has 0 amide bonds. The maximum Gasteiger partial charge on any atom is 0.209 e. The molecule has 2 heterocycles. The lowest BCUT2D eigenvalue weighted by atomic mass is 9.90. The predicted octanol–water partition coefficient (Wildman–Crippen LogP) is 2.72. The van der Waals surface area contributed by atoms with Crippen LogP contribution < -0.4 is 0 Å². The Labute approximate surface area is 126 Å². The minimum Gasteiger partial charge on any atom is -0.376 e. The SMILES string of the molecule is CO[C@@H]1C[C@H](OCC2CCCCC2)[C@H]2COC1(CCl)O2. The van der Waals surface area contributed by atoms with Gasteiger partial charge >= 0.3 is 0 Å². The molecule has 1 unspecified atom stereocenters. The number of methoxy groups -OCH3 is 1. The van der Waals surface area contributed by atoms with Gasteiger partial charge in [0.05, 0.1) is 18.6 Å². The Kier molecular flexibility index (Phi) is 4.88. The fourth-order valence-electron chi connectivity index (χ4n) is 3.66. The van der Waals surface area contributed by atoms with Crippen LogP contribution in [0.25, 0.3) is 0 Å². The molecule has 0 spiro atoms. The van der Waals surface area contributed by atoms with E-state index in [-0.39, 0.29) is 18.3 Å². The monoisotopic (exact) mass is 304 g/mol. The molecule has 3 fully saturated rings. The molecule has 3 aliphatic rings. The zero-order valence-electron chi connectivity index (χ0n) is 12.2.